The van der Waals surface area contributed by atoms with Gasteiger partial charge >= 0.3 is 5.97 Å². The van der Waals surface area contributed by atoms with Crippen LogP contribution in [0.15, 0.2) is 0 Å². The molecule has 6 nitrogen and oxygen atoms in total. The third kappa shape index (κ3) is 4.20. The molecule has 0 aromatic rings. The molecule has 0 amide bonds. The van der Waals surface area contributed by atoms with Crippen molar-refractivity contribution in [2.75, 3.05) is 13.2 Å². The number of aliphatic hydroxyl groups is 1. The second kappa shape index (κ2) is 9.11. The van der Waals surface area contributed by atoms with Crippen LogP contribution in [0.5, 0.6) is 0 Å². The number of aliphatic hydroxyl groups excluding tert-OH is 1. The van der Waals surface area contributed by atoms with Gasteiger partial charge in [0, 0.05) is 31.3 Å². The molecule has 3 aliphatic carbocycles. The van der Waals surface area contributed by atoms with E-state index in [1.54, 1.807) is 0 Å². The summed E-state index contributed by atoms with van der Waals surface area (Å²) in [6.45, 7) is 7.25. The average molecular weight is 437 g/mol. The molecule has 3 saturated carbocycles. The SMILES string of the molecule is CC(=O)O[C@H]1COC2C3C(O)CC4C[C@@H](OCCCCC=O)CC[C@]4(C)C3CC[C@@]21C. The number of fused-ring (bicyclic) bond motifs is 5. The van der Waals surface area contributed by atoms with Gasteiger partial charge < -0.3 is 24.1 Å². The van der Waals surface area contributed by atoms with E-state index in [4.69, 9.17) is 14.2 Å². The van der Waals surface area contributed by atoms with Crippen LogP contribution in [0.4, 0.5) is 0 Å². The summed E-state index contributed by atoms with van der Waals surface area (Å²) in [6.07, 6.45) is 9.10. The zero-order valence-corrected chi connectivity index (χ0v) is 19.4. The minimum atomic E-state index is -0.380. The third-order valence-electron chi connectivity index (χ3n) is 9.30. The fourth-order valence-corrected chi connectivity index (χ4v) is 7.50. The average Bonchev–Trinajstić information content (AvgIpc) is 3.04. The van der Waals surface area contributed by atoms with Crippen LogP contribution in [-0.4, -0.2) is 55.0 Å². The quantitative estimate of drug-likeness (QED) is 0.372. The number of unbranched alkanes of at least 4 members (excludes halogenated alkanes) is 2. The smallest absolute Gasteiger partial charge is 0.303 e. The van der Waals surface area contributed by atoms with Gasteiger partial charge in [0.15, 0.2) is 0 Å². The molecule has 0 aromatic carbocycles. The van der Waals surface area contributed by atoms with Gasteiger partial charge in [-0.3, -0.25) is 4.79 Å². The molecule has 1 heterocycles. The molecule has 31 heavy (non-hydrogen) atoms. The van der Waals surface area contributed by atoms with Crippen molar-refractivity contribution in [3.63, 3.8) is 0 Å². The van der Waals surface area contributed by atoms with Crippen molar-refractivity contribution in [2.45, 2.75) is 103 Å². The fraction of sp³-hybridized carbons (Fsp3) is 0.920. The maximum Gasteiger partial charge on any atom is 0.303 e. The Morgan fingerprint density at radius 1 is 1.16 bits per heavy atom. The summed E-state index contributed by atoms with van der Waals surface area (Å²) in [5, 5.41) is 11.3. The van der Waals surface area contributed by atoms with Crippen LogP contribution in [-0.2, 0) is 23.8 Å². The van der Waals surface area contributed by atoms with Crippen molar-refractivity contribution in [1.82, 2.24) is 0 Å². The van der Waals surface area contributed by atoms with E-state index in [0.717, 1.165) is 64.3 Å². The van der Waals surface area contributed by atoms with Crippen molar-refractivity contribution in [2.24, 2.45) is 28.6 Å². The van der Waals surface area contributed by atoms with Crippen LogP contribution in [0.1, 0.15) is 78.6 Å². The van der Waals surface area contributed by atoms with Gasteiger partial charge in [-0.15, -0.1) is 0 Å². The molecule has 0 radical (unpaired) electrons. The highest BCUT2D eigenvalue weighted by Gasteiger charge is 2.64. The van der Waals surface area contributed by atoms with Crippen LogP contribution < -0.4 is 0 Å². The predicted molar refractivity (Wildman–Crippen MR) is 115 cm³/mol. The lowest BCUT2D eigenvalue weighted by molar-refractivity contribution is -0.195. The van der Waals surface area contributed by atoms with E-state index in [2.05, 4.69) is 13.8 Å². The van der Waals surface area contributed by atoms with E-state index in [1.165, 1.54) is 6.92 Å². The van der Waals surface area contributed by atoms with Crippen LogP contribution >= 0.6 is 0 Å². The lowest BCUT2D eigenvalue weighted by atomic mass is 9.45. The third-order valence-corrected chi connectivity index (χ3v) is 9.30. The summed E-state index contributed by atoms with van der Waals surface area (Å²) in [7, 11) is 0. The van der Waals surface area contributed by atoms with Crippen molar-refractivity contribution in [3.8, 4) is 0 Å². The highest BCUT2D eigenvalue weighted by Crippen LogP contribution is 2.63. The molecule has 0 bridgehead atoms. The molecular formula is C25H40O6. The van der Waals surface area contributed by atoms with Gasteiger partial charge in [0.25, 0.3) is 0 Å². The van der Waals surface area contributed by atoms with Gasteiger partial charge in [0.2, 0.25) is 0 Å². The second-order valence-corrected chi connectivity index (χ2v) is 11.0. The molecule has 1 aliphatic heterocycles. The van der Waals surface area contributed by atoms with Crippen LogP contribution in [0.25, 0.3) is 0 Å². The van der Waals surface area contributed by atoms with Crippen LogP contribution in [0, 0.1) is 28.6 Å². The van der Waals surface area contributed by atoms with E-state index in [0.29, 0.717) is 24.9 Å². The van der Waals surface area contributed by atoms with Crippen molar-refractivity contribution in [1.29, 1.82) is 0 Å². The summed E-state index contributed by atoms with van der Waals surface area (Å²) in [4.78, 5) is 22.1. The fourth-order valence-electron chi connectivity index (χ4n) is 7.50. The van der Waals surface area contributed by atoms with Crippen molar-refractivity contribution >= 4 is 12.3 Å². The molecule has 5 unspecified atom stereocenters. The highest BCUT2D eigenvalue weighted by atomic mass is 16.6. The number of carbonyl (C=O) groups is 2. The van der Waals surface area contributed by atoms with Gasteiger partial charge in [-0.25, -0.2) is 0 Å². The highest BCUT2D eigenvalue weighted by molar-refractivity contribution is 5.66. The second-order valence-electron chi connectivity index (χ2n) is 11.0. The van der Waals surface area contributed by atoms with Crippen LogP contribution in [0.3, 0.4) is 0 Å². The minimum Gasteiger partial charge on any atom is -0.459 e. The van der Waals surface area contributed by atoms with E-state index in [-0.39, 0.29) is 47.1 Å². The largest absolute Gasteiger partial charge is 0.459 e. The number of rotatable bonds is 7. The van der Waals surface area contributed by atoms with Gasteiger partial charge in [-0.2, -0.15) is 0 Å². The number of esters is 1. The molecule has 0 aromatic heterocycles. The van der Waals surface area contributed by atoms with Gasteiger partial charge in [0.1, 0.15) is 12.4 Å². The monoisotopic (exact) mass is 436 g/mol. The summed E-state index contributed by atoms with van der Waals surface area (Å²) in [5.74, 6) is 0.760. The molecule has 4 rings (SSSR count). The number of aldehydes is 1. The zero-order chi connectivity index (χ0) is 22.2. The Balaban J connectivity index is 1.42. The maximum atomic E-state index is 11.6. The Bertz CT molecular complexity index is 666. The normalized spacial score (nSPS) is 46.5. The summed E-state index contributed by atoms with van der Waals surface area (Å²) < 4.78 is 18.0. The van der Waals surface area contributed by atoms with Crippen molar-refractivity contribution in [3.05, 3.63) is 0 Å². The van der Waals surface area contributed by atoms with E-state index in [9.17, 15) is 14.7 Å². The number of hydrogen-bond acceptors (Lipinski definition) is 6. The molecular weight excluding hydrogens is 396 g/mol. The van der Waals surface area contributed by atoms with Gasteiger partial charge in [0.05, 0.1) is 24.9 Å². The molecule has 1 saturated heterocycles. The Morgan fingerprint density at radius 3 is 2.68 bits per heavy atom. The molecule has 9 atom stereocenters. The predicted octanol–water partition coefficient (Wildman–Crippen LogP) is 3.67. The molecule has 4 fully saturated rings. The molecule has 4 aliphatic rings. The van der Waals surface area contributed by atoms with Crippen LogP contribution in [0.2, 0.25) is 0 Å². The lowest BCUT2D eigenvalue weighted by Crippen LogP contribution is -2.61. The van der Waals surface area contributed by atoms with Gasteiger partial charge in [-0.05, 0) is 68.6 Å². The Morgan fingerprint density at radius 2 is 1.94 bits per heavy atom. The molecule has 1 N–H and O–H groups in total. The summed E-state index contributed by atoms with van der Waals surface area (Å²) >= 11 is 0. The minimum absolute atomic E-state index is 0.0461. The Hall–Kier alpha value is -0.980. The lowest BCUT2D eigenvalue weighted by Gasteiger charge is -2.61. The first kappa shape index (κ1) is 23.2. The molecule has 176 valence electrons. The Kier molecular flexibility index (Phi) is 6.81. The topological polar surface area (TPSA) is 82.1 Å². The Labute approximate surface area is 186 Å². The summed E-state index contributed by atoms with van der Waals surface area (Å²) in [6, 6.07) is 0. The zero-order valence-electron chi connectivity index (χ0n) is 19.4. The number of ether oxygens (including phenoxy) is 3. The van der Waals surface area contributed by atoms with Crippen molar-refractivity contribution < 1.29 is 28.9 Å². The first-order valence-electron chi connectivity index (χ1n) is 12.3. The molecule has 0 spiro atoms. The molecule has 6 heteroatoms. The van der Waals surface area contributed by atoms with E-state index < -0.39 is 0 Å². The van der Waals surface area contributed by atoms with E-state index >= 15 is 0 Å². The first-order chi connectivity index (χ1) is 14.8. The summed E-state index contributed by atoms with van der Waals surface area (Å²) in [5.41, 5.74) is -0.00960. The van der Waals surface area contributed by atoms with E-state index in [1.807, 2.05) is 0 Å². The first-order valence-corrected chi connectivity index (χ1v) is 12.3. The van der Waals surface area contributed by atoms with Gasteiger partial charge in [-0.1, -0.05) is 13.8 Å². The number of hydrogen-bond donors (Lipinski definition) is 1. The number of carbonyl (C=O) groups excluding carboxylic acids is 2. The standard InChI is InChI=1S/C25H40O6/c1-16(27)31-21-15-30-23-22-19(8-10-25(21,23)3)24(2)9-7-18(13-17(24)14-20(22)28)29-12-6-4-5-11-26/h11,17-23,28H,4-10,12-15H2,1-3H3/t17?,18-,19?,20?,21-,22?,23?,24-,25+/m0/s1. The maximum absolute atomic E-state index is 11.6.